The van der Waals surface area contributed by atoms with E-state index < -0.39 is 10.0 Å². The number of ether oxygens (including phenoxy) is 1. The molecule has 0 amide bonds. The van der Waals surface area contributed by atoms with Gasteiger partial charge < -0.3 is 10.1 Å². The van der Waals surface area contributed by atoms with Crippen LogP contribution in [0.5, 0.6) is 5.75 Å². The second kappa shape index (κ2) is 5.31. The second-order valence-corrected chi connectivity index (χ2v) is 7.24. The maximum absolute atomic E-state index is 12.2. The standard InChI is InChI=1S/C15H19N3O3S/c1-10-12(9-15-16-6-7-17-15)13-8-11(21-2)4-5-14(13)18(10)22(3,19)20/h4-5,8H,6-7,9H2,1-3H3,(H,16,17). The summed E-state index contributed by atoms with van der Waals surface area (Å²) in [4.78, 5) is 4.41. The molecule has 0 bridgehead atoms. The van der Waals surface area contributed by atoms with Gasteiger partial charge in [-0.25, -0.2) is 12.4 Å². The zero-order valence-corrected chi connectivity index (χ0v) is 13.7. The molecule has 6 nitrogen and oxygen atoms in total. The van der Waals surface area contributed by atoms with E-state index in [1.807, 2.05) is 13.0 Å². The molecule has 1 N–H and O–H groups in total. The zero-order chi connectivity index (χ0) is 15.9. The summed E-state index contributed by atoms with van der Waals surface area (Å²) in [5.41, 5.74) is 2.36. The zero-order valence-electron chi connectivity index (χ0n) is 12.9. The lowest BCUT2D eigenvalue weighted by molar-refractivity contribution is 0.415. The van der Waals surface area contributed by atoms with Crippen molar-refractivity contribution in [1.82, 2.24) is 9.29 Å². The van der Waals surface area contributed by atoms with Crippen LogP contribution in [0.25, 0.3) is 10.9 Å². The lowest BCUT2D eigenvalue weighted by Gasteiger charge is -2.06. The SMILES string of the molecule is COc1ccc2c(c1)c(CC1=NCCN1)c(C)n2S(C)(=O)=O. The number of nitrogens with zero attached hydrogens (tertiary/aromatic N) is 2. The number of hydrogen-bond acceptors (Lipinski definition) is 5. The largest absolute Gasteiger partial charge is 0.497 e. The number of rotatable bonds is 4. The van der Waals surface area contributed by atoms with Gasteiger partial charge in [-0.2, -0.15) is 0 Å². The number of methoxy groups -OCH3 is 1. The van der Waals surface area contributed by atoms with Gasteiger partial charge in [0.2, 0.25) is 10.0 Å². The first-order valence-electron chi connectivity index (χ1n) is 7.07. The highest BCUT2D eigenvalue weighted by Crippen LogP contribution is 2.31. The Morgan fingerprint density at radius 1 is 1.41 bits per heavy atom. The number of hydrogen-bond donors (Lipinski definition) is 1. The first kappa shape index (κ1) is 14.9. The average Bonchev–Trinajstić information content (AvgIpc) is 3.05. The number of aromatic nitrogens is 1. The third kappa shape index (κ3) is 2.45. The molecule has 7 heteroatoms. The van der Waals surface area contributed by atoms with Crippen molar-refractivity contribution >= 4 is 26.8 Å². The van der Waals surface area contributed by atoms with Crippen LogP contribution < -0.4 is 10.1 Å². The van der Waals surface area contributed by atoms with Gasteiger partial charge in [0.25, 0.3) is 0 Å². The van der Waals surface area contributed by atoms with Gasteiger partial charge >= 0.3 is 0 Å². The number of benzene rings is 1. The average molecular weight is 321 g/mol. The van der Waals surface area contributed by atoms with Crippen molar-refractivity contribution in [3.05, 3.63) is 29.5 Å². The highest BCUT2D eigenvalue weighted by Gasteiger charge is 2.21. The predicted octanol–water partition coefficient (Wildman–Crippen LogP) is 1.31. The number of amidine groups is 1. The molecule has 0 saturated heterocycles. The fourth-order valence-electron chi connectivity index (χ4n) is 2.94. The highest BCUT2D eigenvalue weighted by atomic mass is 32.2. The predicted molar refractivity (Wildman–Crippen MR) is 87.5 cm³/mol. The van der Waals surface area contributed by atoms with Crippen LogP contribution >= 0.6 is 0 Å². The molecule has 2 heterocycles. The number of aliphatic imine (C=N–C) groups is 1. The van der Waals surface area contributed by atoms with Crippen molar-refractivity contribution in [3.63, 3.8) is 0 Å². The highest BCUT2D eigenvalue weighted by molar-refractivity contribution is 7.89. The fraction of sp³-hybridized carbons (Fsp3) is 0.400. The van der Waals surface area contributed by atoms with E-state index in [1.165, 1.54) is 10.2 Å². The maximum Gasteiger partial charge on any atom is 0.236 e. The lowest BCUT2D eigenvalue weighted by Crippen LogP contribution is -2.21. The fourth-order valence-corrected chi connectivity index (χ4v) is 4.07. The summed E-state index contributed by atoms with van der Waals surface area (Å²) < 4.78 is 31.0. The van der Waals surface area contributed by atoms with Crippen molar-refractivity contribution in [1.29, 1.82) is 0 Å². The minimum Gasteiger partial charge on any atom is -0.497 e. The van der Waals surface area contributed by atoms with Crippen molar-refractivity contribution in [3.8, 4) is 5.75 Å². The Morgan fingerprint density at radius 2 is 2.18 bits per heavy atom. The third-order valence-electron chi connectivity index (χ3n) is 3.91. The van der Waals surface area contributed by atoms with Crippen LogP contribution in [0, 0.1) is 6.92 Å². The Bertz CT molecular complexity index is 866. The van der Waals surface area contributed by atoms with E-state index in [-0.39, 0.29) is 0 Å². The molecule has 0 saturated carbocycles. The van der Waals surface area contributed by atoms with E-state index in [9.17, 15) is 8.42 Å². The summed E-state index contributed by atoms with van der Waals surface area (Å²) in [6.45, 7) is 3.43. The first-order valence-corrected chi connectivity index (χ1v) is 8.92. The summed E-state index contributed by atoms with van der Waals surface area (Å²) in [5, 5.41) is 4.12. The summed E-state index contributed by atoms with van der Waals surface area (Å²) in [5.74, 6) is 1.61. The molecular weight excluding hydrogens is 302 g/mol. The van der Waals surface area contributed by atoms with Gasteiger partial charge in [-0.15, -0.1) is 0 Å². The number of nitrogens with one attached hydrogen (secondary N) is 1. The third-order valence-corrected chi connectivity index (χ3v) is 5.04. The molecule has 1 aromatic heterocycles. The van der Waals surface area contributed by atoms with E-state index in [0.717, 1.165) is 35.6 Å². The smallest absolute Gasteiger partial charge is 0.236 e. The Morgan fingerprint density at radius 3 is 2.77 bits per heavy atom. The molecule has 0 atom stereocenters. The summed E-state index contributed by atoms with van der Waals surface area (Å²) in [7, 11) is -1.78. The minimum absolute atomic E-state index is 0.595. The Hall–Kier alpha value is -2.02. The van der Waals surface area contributed by atoms with Crippen molar-refractivity contribution < 1.29 is 13.2 Å². The molecule has 0 unspecified atom stereocenters. The monoisotopic (exact) mass is 321 g/mol. The Balaban J connectivity index is 2.26. The van der Waals surface area contributed by atoms with Crippen LogP contribution in [0.1, 0.15) is 11.3 Å². The first-order chi connectivity index (χ1) is 10.4. The van der Waals surface area contributed by atoms with E-state index in [2.05, 4.69) is 10.3 Å². The molecule has 2 aromatic rings. The number of fused-ring (bicyclic) bond motifs is 1. The van der Waals surface area contributed by atoms with Gasteiger partial charge in [0.1, 0.15) is 11.6 Å². The molecule has 0 fully saturated rings. The van der Waals surface area contributed by atoms with Gasteiger partial charge in [-0.05, 0) is 30.7 Å². The lowest BCUT2D eigenvalue weighted by atomic mass is 10.1. The molecule has 0 spiro atoms. The molecular formula is C15H19N3O3S. The van der Waals surface area contributed by atoms with Gasteiger partial charge in [-0.3, -0.25) is 4.99 Å². The normalized spacial score (nSPS) is 15.0. The van der Waals surface area contributed by atoms with Gasteiger partial charge in [0, 0.05) is 24.0 Å². The van der Waals surface area contributed by atoms with Crippen LogP contribution in [0.4, 0.5) is 0 Å². The molecule has 0 aliphatic carbocycles. The van der Waals surface area contributed by atoms with E-state index >= 15 is 0 Å². The molecule has 1 aliphatic heterocycles. The molecule has 1 aromatic carbocycles. The Kier molecular flexibility index (Phi) is 3.60. The van der Waals surface area contributed by atoms with Crippen molar-refractivity contribution in [2.45, 2.75) is 13.3 Å². The van der Waals surface area contributed by atoms with Gasteiger partial charge in [-0.1, -0.05) is 0 Å². The van der Waals surface area contributed by atoms with Crippen LogP contribution in [0.2, 0.25) is 0 Å². The second-order valence-electron chi connectivity index (χ2n) is 5.41. The van der Waals surface area contributed by atoms with E-state index in [1.54, 1.807) is 19.2 Å². The van der Waals surface area contributed by atoms with Gasteiger partial charge in [0.15, 0.2) is 0 Å². The summed E-state index contributed by atoms with van der Waals surface area (Å²) in [6.07, 6.45) is 1.82. The topological polar surface area (TPSA) is 72.7 Å². The molecule has 22 heavy (non-hydrogen) atoms. The van der Waals surface area contributed by atoms with Crippen LogP contribution in [-0.2, 0) is 16.4 Å². The molecule has 118 valence electrons. The molecule has 3 rings (SSSR count). The van der Waals surface area contributed by atoms with Crippen LogP contribution in [0.3, 0.4) is 0 Å². The molecule has 1 aliphatic rings. The van der Waals surface area contributed by atoms with Crippen molar-refractivity contribution in [2.75, 3.05) is 26.5 Å². The van der Waals surface area contributed by atoms with Crippen LogP contribution in [0.15, 0.2) is 23.2 Å². The Labute approximate surface area is 129 Å². The maximum atomic E-state index is 12.2. The van der Waals surface area contributed by atoms with Crippen LogP contribution in [-0.4, -0.2) is 44.7 Å². The summed E-state index contributed by atoms with van der Waals surface area (Å²) >= 11 is 0. The molecule has 0 radical (unpaired) electrons. The van der Waals surface area contributed by atoms with Crippen molar-refractivity contribution in [2.24, 2.45) is 4.99 Å². The van der Waals surface area contributed by atoms with E-state index in [0.29, 0.717) is 17.7 Å². The van der Waals surface area contributed by atoms with Gasteiger partial charge in [0.05, 0.1) is 25.4 Å². The summed E-state index contributed by atoms with van der Waals surface area (Å²) in [6, 6.07) is 5.45. The quantitative estimate of drug-likeness (QED) is 0.921. The minimum atomic E-state index is -3.38. The van der Waals surface area contributed by atoms with E-state index in [4.69, 9.17) is 4.74 Å².